The number of anilines is 1. The van der Waals surface area contributed by atoms with E-state index in [1.54, 1.807) is 13.0 Å². The van der Waals surface area contributed by atoms with Gasteiger partial charge in [0.25, 0.3) is 0 Å². The molecule has 0 aliphatic carbocycles. The van der Waals surface area contributed by atoms with E-state index in [1.807, 2.05) is 4.90 Å². The second-order valence-electron chi connectivity index (χ2n) is 5.00. The molecule has 0 amide bonds. The minimum absolute atomic E-state index is 0.172. The molecule has 1 aromatic carbocycles. The van der Waals surface area contributed by atoms with Crippen LogP contribution in [0.2, 0.25) is 0 Å². The summed E-state index contributed by atoms with van der Waals surface area (Å²) in [5.41, 5.74) is 0.573. The third kappa shape index (κ3) is 2.96. The summed E-state index contributed by atoms with van der Waals surface area (Å²) in [5.74, 6) is -0.350. The van der Waals surface area contributed by atoms with E-state index in [9.17, 15) is 9.50 Å². The van der Waals surface area contributed by atoms with Crippen LogP contribution >= 0.6 is 0 Å². The van der Waals surface area contributed by atoms with Crippen molar-refractivity contribution in [2.75, 3.05) is 18.0 Å². The van der Waals surface area contributed by atoms with Crippen LogP contribution in [-0.2, 0) is 6.61 Å². The number of hydrogen-bond donors (Lipinski definition) is 2. The van der Waals surface area contributed by atoms with E-state index in [2.05, 4.69) is 0 Å². The average molecular weight is 239 g/mol. The largest absolute Gasteiger partial charge is 0.392 e. The molecule has 3 nitrogen and oxygen atoms in total. The molecule has 1 heterocycles. The molecule has 4 heteroatoms. The highest BCUT2D eigenvalue weighted by atomic mass is 19.1. The molecule has 1 atom stereocenters. The first-order valence-electron chi connectivity index (χ1n) is 5.88. The van der Waals surface area contributed by atoms with E-state index < -0.39 is 5.60 Å². The maximum Gasteiger partial charge on any atom is 0.125 e. The number of hydrogen-bond acceptors (Lipinski definition) is 3. The van der Waals surface area contributed by atoms with Gasteiger partial charge in [-0.05, 0) is 43.5 Å². The van der Waals surface area contributed by atoms with Crippen molar-refractivity contribution in [3.8, 4) is 0 Å². The Labute approximate surface area is 100 Å². The fourth-order valence-corrected chi connectivity index (χ4v) is 2.35. The van der Waals surface area contributed by atoms with Gasteiger partial charge >= 0.3 is 0 Å². The third-order valence-electron chi connectivity index (χ3n) is 3.16. The number of β-amino-alcohol motifs (C(OH)–C–C–N with tert-alkyl or cyclic N) is 1. The molecule has 1 aromatic rings. The van der Waals surface area contributed by atoms with Crippen molar-refractivity contribution in [2.24, 2.45) is 0 Å². The maximum absolute atomic E-state index is 13.4. The van der Waals surface area contributed by atoms with E-state index in [0.717, 1.165) is 25.1 Å². The summed E-state index contributed by atoms with van der Waals surface area (Å²) in [6, 6.07) is 4.54. The molecule has 1 unspecified atom stereocenters. The van der Waals surface area contributed by atoms with Gasteiger partial charge in [0.05, 0.1) is 12.2 Å². The fraction of sp³-hybridized carbons (Fsp3) is 0.538. The molecule has 0 radical (unpaired) electrons. The highest BCUT2D eigenvalue weighted by Crippen LogP contribution is 2.27. The van der Waals surface area contributed by atoms with Gasteiger partial charge in [-0.3, -0.25) is 0 Å². The first-order valence-corrected chi connectivity index (χ1v) is 5.88. The predicted molar refractivity (Wildman–Crippen MR) is 64.4 cm³/mol. The van der Waals surface area contributed by atoms with Crippen molar-refractivity contribution >= 4 is 5.69 Å². The van der Waals surface area contributed by atoms with Gasteiger partial charge in [-0.2, -0.15) is 0 Å². The van der Waals surface area contributed by atoms with Gasteiger partial charge in [-0.15, -0.1) is 0 Å². The number of aliphatic hydroxyl groups is 2. The van der Waals surface area contributed by atoms with E-state index in [4.69, 9.17) is 5.11 Å². The molecule has 1 aliphatic rings. The van der Waals surface area contributed by atoms with Crippen LogP contribution in [0, 0.1) is 5.82 Å². The van der Waals surface area contributed by atoms with Crippen molar-refractivity contribution in [1.29, 1.82) is 0 Å². The highest BCUT2D eigenvalue weighted by Gasteiger charge is 2.28. The number of aliphatic hydroxyl groups excluding tert-OH is 1. The molecule has 1 aliphatic heterocycles. The summed E-state index contributed by atoms with van der Waals surface area (Å²) in [6.07, 6.45) is 1.66. The first-order chi connectivity index (χ1) is 8.00. The zero-order chi connectivity index (χ0) is 12.5. The van der Waals surface area contributed by atoms with Crippen LogP contribution in [0.25, 0.3) is 0 Å². The molecule has 94 valence electrons. The fourth-order valence-electron chi connectivity index (χ4n) is 2.35. The quantitative estimate of drug-likeness (QED) is 0.825. The van der Waals surface area contributed by atoms with Gasteiger partial charge in [0.2, 0.25) is 0 Å². The van der Waals surface area contributed by atoms with Crippen molar-refractivity contribution in [3.05, 3.63) is 29.6 Å². The number of benzene rings is 1. The summed E-state index contributed by atoms with van der Waals surface area (Å²) >= 11 is 0. The van der Waals surface area contributed by atoms with E-state index >= 15 is 0 Å². The summed E-state index contributed by atoms with van der Waals surface area (Å²) in [4.78, 5) is 1.96. The van der Waals surface area contributed by atoms with Crippen LogP contribution in [0.3, 0.4) is 0 Å². The standard InChI is InChI=1S/C13H18FNO2/c1-13(17)3-2-4-15(9-13)12-6-10(8-16)5-11(14)7-12/h5-7,16-17H,2-4,8-9H2,1H3. The Morgan fingerprint density at radius 3 is 2.82 bits per heavy atom. The summed E-state index contributed by atoms with van der Waals surface area (Å²) in [6.45, 7) is 2.94. The van der Waals surface area contributed by atoms with Gasteiger partial charge < -0.3 is 15.1 Å². The molecular formula is C13H18FNO2. The van der Waals surface area contributed by atoms with Gasteiger partial charge in [0.1, 0.15) is 5.82 Å². The number of piperidine rings is 1. The van der Waals surface area contributed by atoms with Crippen LogP contribution in [0.5, 0.6) is 0 Å². The zero-order valence-corrected chi connectivity index (χ0v) is 9.99. The monoisotopic (exact) mass is 239 g/mol. The average Bonchev–Trinajstić information content (AvgIpc) is 2.27. The second kappa shape index (κ2) is 4.63. The molecule has 1 saturated heterocycles. The van der Waals surface area contributed by atoms with Crippen LogP contribution in [0.4, 0.5) is 10.1 Å². The van der Waals surface area contributed by atoms with E-state index in [1.165, 1.54) is 12.1 Å². The van der Waals surface area contributed by atoms with Gasteiger partial charge in [0.15, 0.2) is 0 Å². The van der Waals surface area contributed by atoms with Gasteiger partial charge in [0, 0.05) is 18.8 Å². The van der Waals surface area contributed by atoms with Crippen molar-refractivity contribution in [3.63, 3.8) is 0 Å². The lowest BCUT2D eigenvalue weighted by atomic mass is 9.94. The Balaban J connectivity index is 2.24. The Kier molecular flexibility index (Phi) is 3.35. The smallest absolute Gasteiger partial charge is 0.125 e. The molecule has 0 saturated carbocycles. The van der Waals surface area contributed by atoms with Crippen LogP contribution < -0.4 is 4.90 Å². The Bertz CT molecular complexity index is 406. The van der Waals surface area contributed by atoms with Crippen LogP contribution in [0.1, 0.15) is 25.3 Å². The van der Waals surface area contributed by atoms with Crippen LogP contribution in [-0.4, -0.2) is 28.9 Å². The SMILES string of the molecule is CC1(O)CCCN(c2cc(F)cc(CO)c2)C1. The van der Waals surface area contributed by atoms with Gasteiger partial charge in [-0.25, -0.2) is 4.39 Å². The Morgan fingerprint density at radius 2 is 2.18 bits per heavy atom. The Hall–Kier alpha value is -1.13. The van der Waals surface area contributed by atoms with Crippen molar-refractivity contribution in [1.82, 2.24) is 0 Å². The summed E-state index contributed by atoms with van der Waals surface area (Å²) < 4.78 is 13.4. The summed E-state index contributed by atoms with van der Waals surface area (Å²) in [5, 5.41) is 19.1. The number of rotatable bonds is 2. The highest BCUT2D eigenvalue weighted by molar-refractivity contribution is 5.49. The molecule has 17 heavy (non-hydrogen) atoms. The number of halogens is 1. The molecule has 0 aromatic heterocycles. The number of nitrogens with zero attached hydrogens (tertiary/aromatic N) is 1. The molecular weight excluding hydrogens is 221 g/mol. The molecule has 2 N–H and O–H groups in total. The third-order valence-corrected chi connectivity index (χ3v) is 3.16. The minimum atomic E-state index is -0.718. The van der Waals surface area contributed by atoms with Gasteiger partial charge in [-0.1, -0.05) is 0 Å². The summed E-state index contributed by atoms with van der Waals surface area (Å²) in [7, 11) is 0. The predicted octanol–water partition coefficient (Wildman–Crippen LogP) is 1.67. The first kappa shape index (κ1) is 12.3. The van der Waals surface area contributed by atoms with Crippen LogP contribution in [0.15, 0.2) is 18.2 Å². The zero-order valence-electron chi connectivity index (χ0n) is 9.99. The topological polar surface area (TPSA) is 43.7 Å². The maximum atomic E-state index is 13.4. The molecule has 0 spiro atoms. The minimum Gasteiger partial charge on any atom is -0.392 e. The Morgan fingerprint density at radius 1 is 1.41 bits per heavy atom. The second-order valence-corrected chi connectivity index (χ2v) is 5.00. The van der Waals surface area contributed by atoms with Crippen molar-refractivity contribution in [2.45, 2.75) is 32.0 Å². The lowest BCUT2D eigenvalue weighted by Crippen LogP contribution is -2.46. The van der Waals surface area contributed by atoms with E-state index in [0.29, 0.717) is 12.1 Å². The molecule has 2 rings (SSSR count). The normalized spacial score (nSPS) is 25.1. The molecule has 0 bridgehead atoms. The lowest BCUT2D eigenvalue weighted by molar-refractivity contribution is 0.0449. The van der Waals surface area contributed by atoms with Crippen molar-refractivity contribution < 1.29 is 14.6 Å². The lowest BCUT2D eigenvalue weighted by Gasteiger charge is -2.38. The molecule has 1 fully saturated rings. The van der Waals surface area contributed by atoms with E-state index in [-0.39, 0.29) is 12.4 Å².